The van der Waals surface area contributed by atoms with Crippen molar-refractivity contribution in [1.82, 2.24) is 0 Å². The molecule has 5 nitrogen and oxygen atoms in total. The number of rotatable bonds is 3. The van der Waals surface area contributed by atoms with E-state index in [9.17, 15) is 4.79 Å². The first-order chi connectivity index (χ1) is 13.3. The lowest BCUT2D eigenvalue weighted by Crippen LogP contribution is -2.29. The van der Waals surface area contributed by atoms with Crippen LogP contribution in [0.15, 0.2) is 52.4 Å². The molecule has 28 heavy (non-hydrogen) atoms. The number of nitrogens with one attached hydrogen (secondary N) is 2. The van der Waals surface area contributed by atoms with Crippen LogP contribution in [0, 0.1) is 0 Å². The summed E-state index contributed by atoms with van der Waals surface area (Å²) < 4.78 is 6.54. The van der Waals surface area contributed by atoms with Gasteiger partial charge in [-0.1, -0.05) is 6.07 Å². The lowest BCUT2D eigenvalue weighted by molar-refractivity contribution is 0.00753. The van der Waals surface area contributed by atoms with E-state index >= 15 is 0 Å². The Labute approximate surface area is 173 Å². The number of hydrogen-bond acceptors (Lipinski definition) is 7. The molecule has 0 fully saturated rings. The standard InChI is InChI=1S/C21H21N3O2S2/c1-21(2,3)26-19(25)17-10-15-16(28-17)8-7-12-11-22-20(24-18(12)15)23-13-5-4-6-14(27)9-13/h4-11,20,23-24,27H,1-3H3. The summed E-state index contributed by atoms with van der Waals surface area (Å²) in [7, 11) is 0. The van der Waals surface area contributed by atoms with Crippen LogP contribution >= 0.6 is 24.0 Å². The quantitative estimate of drug-likeness (QED) is 0.400. The van der Waals surface area contributed by atoms with Crippen molar-refractivity contribution in [3.63, 3.8) is 0 Å². The Morgan fingerprint density at radius 1 is 1.25 bits per heavy atom. The van der Waals surface area contributed by atoms with Gasteiger partial charge < -0.3 is 15.4 Å². The molecule has 0 bridgehead atoms. The molecular formula is C21H21N3O2S2. The summed E-state index contributed by atoms with van der Waals surface area (Å²) in [6.45, 7) is 5.61. The van der Waals surface area contributed by atoms with Gasteiger partial charge in [-0.3, -0.25) is 0 Å². The molecular weight excluding hydrogens is 390 g/mol. The topological polar surface area (TPSA) is 62.7 Å². The molecule has 0 aliphatic carbocycles. The van der Waals surface area contributed by atoms with E-state index < -0.39 is 5.60 Å². The molecule has 0 radical (unpaired) electrons. The van der Waals surface area contributed by atoms with E-state index in [1.807, 2.05) is 69.5 Å². The predicted octanol–water partition coefficient (Wildman–Crippen LogP) is 5.39. The molecule has 4 rings (SSSR count). The first kappa shape index (κ1) is 18.8. The minimum absolute atomic E-state index is 0.299. The zero-order valence-electron chi connectivity index (χ0n) is 15.8. The second-order valence-electron chi connectivity index (χ2n) is 7.57. The summed E-state index contributed by atoms with van der Waals surface area (Å²) in [5.74, 6) is -0.299. The third-order valence-corrected chi connectivity index (χ3v) is 5.48. The number of esters is 1. The molecule has 0 spiro atoms. The van der Waals surface area contributed by atoms with Crippen LogP contribution in [0.1, 0.15) is 36.0 Å². The summed E-state index contributed by atoms with van der Waals surface area (Å²) in [5.41, 5.74) is 2.35. The zero-order valence-corrected chi connectivity index (χ0v) is 17.5. The van der Waals surface area contributed by atoms with Crippen molar-refractivity contribution in [3.05, 3.63) is 52.9 Å². The van der Waals surface area contributed by atoms with E-state index in [1.54, 1.807) is 0 Å². The maximum absolute atomic E-state index is 12.5. The Kier molecular flexibility index (Phi) is 4.81. The molecule has 1 aromatic heterocycles. The molecule has 3 aromatic rings. The minimum Gasteiger partial charge on any atom is -0.456 e. The van der Waals surface area contributed by atoms with Crippen molar-refractivity contribution in [2.75, 3.05) is 10.6 Å². The van der Waals surface area contributed by atoms with Gasteiger partial charge in [0.15, 0.2) is 6.29 Å². The van der Waals surface area contributed by atoms with Crippen molar-refractivity contribution in [1.29, 1.82) is 0 Å². The number of fused-ring (bicyclic) bond motifs is 3. The van der Waals surface area contributed by atoms with Crippen LogP contribution in [0.25, 0.3) is 10.1 Å². The molecule has 1 atom stereocenters. The van der Waals surface area contributed by atoms with Gasteiger partial charge in [0.1, 0.15) is 10.5 Å². The first-order valence-corrected chi connectivity index (χ1v) is 10.2. The minimum atomic E-state index is -0.520. The number of carbonyl (C=O) groups excluding carboxylic acids is 1. The fourth-order valence-corrected chi connectivity index (χ4v) is 4.15. The highest BCUT2D eigenvalue weighted by atomic mass is 32.1. The van der Waals surface area contributed by atoms with Crippen molar-refractivity contribution >= 4 is 57.6 Å². The van der Waals surface area contributed by atoms with Gasteiger partial charge in [-0.05, 0) is 57.2 Å². The smallest absolute Gasteiger partial charge is 0.348 e. The molecule has 2 aromatic carbocycles. The number of carbonyl (C=O) groups is 1. The van der Waals surface area contributed by atoms with Crippen LogP contribution in [0.4, 0.5) is 11.4 Å². The summed E-state index contributed by atoms with van der Waals surface area (Å²) in [6.07, 6.45) is 1.54. The van der Waals surface area contributed by atoms with E-state index in [-0.39, 0.29) is 12.3 Å². The summed E-state index contributed by atoms with van der Waals surface area (Å²) >= 11 is 5.81. The average Bonchev–Trinajstić information content (AvgIpc) is 3.05. The van der Waals surface area contributed by atoms with Gasteiger partial charge in [0.05, 0.1) is 5.69 Å². The molecule has 1 unspecified atom stereocenters. The van der Waals surface area contributed by atoms with Crippen LogP contribution < -0.4 is 10.6 Å². The number of hydrogen-bond donors (Lipinski definition) is 3. The summed E-state index contributed by atoms with van der Waals surface area (Å²) in [6, 6.07) is 13.7. The molecule has 1 aliphatic heterocycles. The number of anilines is 2. The first-order valence-electron chi connectivity index (χ1n) is 8.94. The second kappa shape index (κ2) is 7.14. The van der Waals surface area contributed by atoms with Gasteiger partial charge in [0, 0.05) is 32.4 Å². The van der Waals surface area contributed by atoms with Crippen LogP contribution in [0.5, 0.6) is 0 Å². The summed E-state index contributed by atoms with van der Waals surface area (Å²) in [5, 5.41) is 7.76. The number of nitrogens with zero attached hydrogens (tertiary/aromatic N) is 1. The number of thiol groups is 1. The van der Waals surface area contributed by atoms with Crippen molar-refractivity contribution in [2.24, 2.45) is 4.99 Å². The maximum atomic E-state index is 12.5. The molecule has 7 heteroatoms. The number of thiophene rings is 1. The number of aliphatic imine (C=N–C) groups is 1. The third-order valence-electron chi connectivity index (χ3n) is 4.13. The maximum Gasteiger partial charge on any atom is 0.348 e. The SMILES string of the molecule is CC(C)(C)OC(=O)c1cc2c3c(ccc2s1)C=NC(Nc1cccc(S)c1)N3. The van der Waals surface area contributed by atoms with Gasteiger partial charge >= 0.3 is 5.97 Å². The lowest BCUT2D eigenvalue weighted by atomic mass is 10.1. The molecule has 2 heterocycles. The van der Waals surface area contributed by atoms with E-state index in [0.29, 0.717) is 4.88 Å². The second-order valence-corrected chi connectivity index (χ2v) is 9.17. The van der Waals surface area contributed by atoms with Crippen LogP contribution in [0.3, 0.4) is 0 Å². The van der Waals surface area contributed by atoms with Gasteiger partial charge in [-0.2, -0.15) is 0 Å². The highest BCUT2D eigenvalue weighted by molar-refractivity contribution is 7.80. The zero-order chi connectivity index (χ0) is 19.9. The van der Waals surface area contributed by atoms with Gasteiger partial charge in [-0.25, -0.2) is 9.79 Å². The van der Waals surface area contributed by atoms with E-state index in [4.69, 9.17) is 4.74 Å². The van der Waals surface area contributed by atoms with E-state index in [2.05, 4.69) is 28.3 Å². The predicted molar refractivity (Wildman–Crippen MR) is 119 cm³/mol. The molecule has 2 N–H and O–H groups in total. The number of ether oxygens (including phenoxy) is 1. The Morgan fingerprint density at radius 3 is 2.82 bits per heavy atom. The third kappa shape index (κ3) is 4.00. The fraction of sp³-hybridized carbons (Fsp3) is 0.238. The largest absolute Gasteiger partial charge is 0.456 e. The molecule has 144 valence electrons. The lowest BCUT2D eigenvalue weighted by Gasteiger charge is -2.24. The Bertz CT molecular complexity index is 1080. The monoisotopic (exact) mass is 411 g/mol. The Balaban J connectivity index is 1.62. The average molecular weight is 412 g/mol. The van der Waals surface area contributed by atoms with Gasteiger partial charge in [-0.15, -0.1) is 24.0 Å². The van der Waals surface area contributed by atoms with Crippen LogP contribution in [0.2, 0.25) is 0 Å². The normalized spacial score (nSPS) is 15.8. The Morgan fingerprint density at radius 2 is 2.07 bits per heavy atom. The van der Waals surface area contributed by atoms with Gasteiger partial charge in [0.2, 0.25) is 0 Å². The van der Waals surface area contributed by atoms with Crippen molar-refractivity contribution in [3.8, 4) is 0 Å². The Hall–Kier alpha value is -2.51. The fourth-order valence-electron chi connectivity index (χ4n) is 2.98. The van der Waals surface area contributed by atoms with Crippen molar-refractivity contribution in [2.45, 2.75) is 37.6 Å². The van der Waals surface area contributed by atoms with Gasteiger partial charge in [0.25, 0.3) is 0 Å². The highest BCUT2D eigenvalue weighted by Gasteiger charge is 2.22. The van der Waals surface area contributed by atoms with Crippen LogP contribution in [-0.2, 0) is 4.74 Å². The van der Waals surface area contributed by atoms with E-state index in [1.165, 1.54) is 11.3 Å². The highest BCUT2D eigenvalue weighted by Crippen LogP contribution is 2.36. The number of benzene rings is 2. The van der Waals surface area contributed by atoms with E-state index in [0.717, 1.165) is 31.9 Å². The molecule has 0 amide bonds. The molecule has 0 saturated carbocycles. The van der Waals surface area contributed by atoms with Crippen LogP contribution in [-0.4, -0.2) is 24.1 Å². The summed E-state index contributed by atoms with van der Waals surface area (Å²) in [4.78, 5) is 18.5. The molecule has 0 saturated heterocycles. The van der Waals surface area contributed by atoms with Crippen molar-refractivity contribution < 1.29 is 9.53 Å². The molecule has 1 aliphatic rings.